The summed E-state index contributed by atoms with van der Waals surface area (Å²) in [6.07, 6.45) is 0. The molecule has 0 bridgehead atoms. The molecule has 0 aliphatic heterocycles. The zero-order valence-electron chi connectivity index (χ0n) is 14.6. The van der Waals surface area contributed by atoms with Crippen LogP contribution in [0.15, 0.2) is 58.1 Å². The van der Waals surface area contributed by atoms with Crippen molar-refractivity contribution in [2.45, 2.75) is 0 Å². The summed E-state index contributed by atoms with van der Waals surface area (Å²) in [5.74, 6) is -1.93. The Hall–Kier alpha value is -4.40. The Balaban J connectivity index is 1.81. The lowest BCUT2D eigenvalue weighted by Crippen LogP contribution is -2.10. The van der Waals surface area contributed by atoms with Crippen LogP contribution >= 0.6 is 0 Å². The van der Waals surface area contributed by atoms with Gasteiger partial charge in [-0.25, -0.2) is 9.59 Å². The Morgan fingerprint density at radius 1 is 0.690 bits per heavy atom. The molecular formula is C20H12N2O7. The van der Waals surface area contributed by atoms with Crippen molar-refractivity contribution >= 4 is 33.7 Å². The molecule has 0 unspecified atom stereocenters. The molecule has 0 saturated heterocycles. The first-order chi connectivity index (χ1) is 13.8. The molecule has 2 aromatic carbocycles. The first kappa shape index (κ1) is 18.0. The molecule has 0 aliphatic carbocycles. The number of aromatic carboxylic acids is 2. The molecule has 0 spiro atoms. The molecule has 29 heavy (non-hydrogen) atoms. The van der Waals surface area contributed by atoms with Crippen LogP contribution in [0.3, 0.4) is 0 Å². The number of nitrogens with one attached hydrogen (secondary N) is 2. The Morgan fingerprint density at radius 2 is 1.10 bits per heavy atom. The van der Waals surface area contributed by atoms with Gasteiger partial charge in [0.2, 0.25) is 11.1 Å². The third-order valence-corrected chi connectivity index (χ3v) is 4.33. The maximum Gasteiger partial charge on any atom is 0.336 e. The van der Waals surface area contributed by atoms with E-state index in [0.717, 1.165) is 12.1 Å². The lowest BCUT2D eigenvalue weighted by atomic mass is 10.1. The summed E-state index contributed by atoms with van der Waals surface area (Å²) in [4.78, 5) is 51.2. The summed E-state index contributed by atoms with van der Waals surface area (Å²) >= 11 is 0. The molecule has 4 aromatic rings. The number of carboxylic acids is 2. The van der Waals surface area contributed by atoms with Gasteiger partial charge >= 0.3 is 11.9 Å². The molecule has 0 aliphatic rings. The molecule has 144 valence electrons. The molecule has 0 amide bonds. The van der Waals surface area contributed by atoms with Crippen LogP contribution < -0.4 is 15.9 Å². The standard InChI is InChI=1S/C20H12N2O7/c23-17-7-13(19(25)26)11-5-9(1-3-15(11)21-17)29-10-2-4-16-12(6-10)14(20(27)28)8-18(24)22-16/h1-8H,(H,21,23)(H,22,24)(H,25,26)(H,27,28). The Kier molecular flexibility index (Phi) is 4.12. The average molecular weight is 392 g/mol. The lowest BCUT2D eigenvalue weighted by molar-refractivity contribution is 0.0688. The smallest absolute Gasteiger partial charge is 0.336 e. The predicted octanol–water partition coefficient (Wildman–Crippen LogP) is 2.56. The second-order valence-electron chi connectivity index (χ2n) is 6.22. The molecule has 9 nitrogen and oxygen atoms in total. The van der Waals surface area contributed by atoms with Crippen LogP contribution in [0.2, 0.25) is 0 Å². The van der Waals surface area contributed by atoms with Crippen molar-refractivity contribution in [3.63, 3.8) is 0 Å². The van der Waals surface area contributed by atoms with Crippen molar-refractivity contribution in [3.8, 4) is 11.5 Å². The highest BCUT2D eigenvalue weighted by molar-refractivity contribution is 6.03. The Labute approximate surface area is 160 Å². The van der Waals surface area contributed by atoms with Crippen molar-refractivity contribution in [2.24, 2.45) is 0 Å². The van der Waals surface area contributed by atoms with Gasteiger partial charge < -0.3 is 24.9 Å². The largest absolute Gasteiger partial charge is 0.478 e. The molecule has 4 rings (SSSR count). The number of H-pyrrole nitrogens is 2. The monoisotopic (exact) mass is 392 g/mol. The third kappa shape index (κ3) is 3.32. The molecule has 4 N–H and O–H groups in total. The van der Waals surface area contributed by atoms with E-state index < -0.39 is 23.1 Å². The van der Waals surface area contributed by atoms with Gasteiger partial charge in [-0.15, -0.1) is 0 Å². The summed E-state index contributed by atoms with van der Waals surface area (Å²) in [6.45, 7) is 0. The van der Waals surface area contributed by atoms with Gasteiger partial charge in [-0.05, 0) is 36.4 Å². The van der Waals surface area contributed by atoms with E-state index in [4.69, 9.17) is 4.74 Å². The first-order valence-electron chi connectivity index (χ1n) is 8.30. The number of hydrogen-bond donors (Lipinski definition) is 4. The second kappa shape index (κ2) is 6.64. The normalized spacial score (nSPS) is 10.9. The number of carbonyl (C=O) groups is 2. The molecule has 0 atom stereocenters. The number of hydrogen-bond acceptors (Lipinski definition) is 5. The number of rotatable bonds is 4. The van der Waals surface area contributed by atoms with Gasteiger partial charge in [0.05, 0.1) is 11.1 Å². The topological polar surface area (TPSA) is 150 Å². The highest BCUT2D eigenvalue weighted by atomic mass is 16.5. The number of benzene rings is 2. The van der Waals surface area contributed by atoms with Gasteiger partial charge in [0, 0.05) is 33.9 Å². The highest BCUT2D eigenvalue weighted by Gasteiger charge is 2.13. The number of ether oxygens (including phenoxy) is 1. The number of pyridine rings is 2. The van der Waals surface area contributed by atoms with Crippen LogP contribution in [0, 0.1) is 0 Å². The van der Waals surface area contributed by atoms with Crippen molar-refractivity contribution in [3.05, 3.63) is 80.4 Å². The fourth-order valence-corrected chi connectivity index (χ4v) is 3.08. The van der Waals surface area contributed by atoms with E-state index in [2.05, 4.69) is 9.97 Å². The van der Waals surface area contributed by atoms with Crippen molar-refractivity contribution in [2.75, 3.05) is 0 Å². The highest BCUT2D eigenvalue weighted by Crippen LogP contribution is 2.29. The zero-order valence-corrected chi connectivity index (χ0v) is 14.6. The van der Waals surface area contributed by atoms with E-state index in [0.29, 0.717) is 11.0 Å². The molecule has 2 aromatic heterocycles. The molecule has 2 heterocycles. The Morgan fingerprint density at radius 3 is 1.48 bits per heavy atom. The van der Waals surface area contributed by atoms with Crippen molar-refractivity contribution < 1.29 is 24.5 Å². The van der Waals surface area contributed by atoms with E-state index in [1.807, 2.05) is 0 Å². The maximum absolute atomic E-state index is 11.6. The van der Waals surface area contributed by atoms with Crippen LogP contribution in [0.4, 0.5) is 0 Å². The minimum absolute atomic E-state index is 0.168. The SMILES string of the molecule is O=C(O)c1cc(=O)[nH]c2ccc(Oc3ccc4[nH]c(=O)cc(C(=O)O)c4c3)cc12. The van der Waals surface area contributed by atoms with Crippen molar-refractivity contribution in [1.82, 2.24) is 9.97 Å². The second-order valence-corrected chi connectivity index (χ2v) is 6.22. The van der Waals surface area contributed by atoms with Crippen LogP contribution in [-0.4, -0.2) is 32.1 Å². The first-order valence-corrected chi connectivity index (χ1v) is 8.30. The number of fused-ring (bicyclic) bond motifs is 2. The molecule has 0 radical (unpaired) electrons. The molecular weight excluding hydrogens is 380 g/mol. The van der Waals surface area contributed by atoms with Gasteiger partial charge in [0.25, 0.3) is 0 Å². The average Bonchev–Trinajstić information content (AvgIpc) is 2.67. The fourth-order valence-electron chi connectivity index (χ4n) is 3.08. The fraction of sp³-hybridized carbons (Fsp3) is 0. The third-order valence-electron chi connectivity index (χ3n) is 4.33. The van der Waals surface area contributed by atoms with Crippen LogP contribution in [0.1, 0.15) is 20.7 Å². The van der Waals surface area contributed by atoms with Crippen molar-refractivity contribution in [1.29, 1.82) is 0 Å². The van der Waals surface area contributed by atoms with Crippen LogP contribution in [0.25, 0.3) is 21.8 Å². The lowest BCUT2D eigenvalue weighted by Gasteiger charge is -2.10. The van der Waals surface area contributed by atoms with E-state index in [-0.39, 0.29) is 33.4 Å². The number of aromatic amines is 2. The summed E-state index contributed by atoms with van der Waals surface area (Å²) in [5, 5.41) is 19.2. The quantitative estimate of drug-likeness (QED) is 0.417. The van der Waals surface area contributed by atoms with E-state index in [1.54, 1.807) is 12.1 Å². The zero-order chi connectivity index (χ0) is 20.7. The number of aromatic nitrogens is 2. The summed E-state index contributed by atoms with van der Waals surface area (Å²) in [6, 6.07) is 11.0. The van der Waals surface area contributed by atoms with Gasteiger partial charge in [-0.2, -0.15) is 0 Å². The Bertz CT molecular complexity index is 1320. The minimum atomic E-state index is -1.25. The molecule has 0 fully saturated rings. The van der Waals surface area contributed by atoms with E-state index in [9.17, 15) is 29.4 Å². The minimum Gasteiger partial charge on any atom is -0.478 e. The van der Waals surface area contributed by atoms with E-state index in [1.165, 1.54) is 24.3 Å². The predicted molar refractivity (Wildman–Crippen MR) is 103 cm³/mol. The van der Waals surface area contributed by atoms with Gasteiger partial charge in [0.15, 0.2) is 0 Å². The summed E-state index contributed by atoms with van der Waals surface area (Å²) in [5.41, 5.74) is -0.725. The summed E-state index contributed by atoms with van der Waals surface area (Å²) in [7, 11) is 0. The van der Waals surface area contributed by atoms with E-state index >= 15 is 0 Å². The van der Waals surface area contributed by atoms with Gasteiger partial charge in [-0.3, -0.25) is 9.59 Å². The van der Waals surface area contributed by atoms with Crippen LogP contribution in [0.5, 0.6) is 11.5 Å². The molecule has 9 heteroatoms. The maximum atomic E-state index is 11.6. The summed E-state index contributed by atoms with van der Waals surface area (Å²) < 4.78 is 5.75. The number of carboxylic acid groups (broad SMARTS) is 2. The van der Waals surface area contributed by atoms with Gasteiger partial charge in [-0.1, -0.05) is 0 Å². The van der Waals surface area contributed by atoms with Gasteiger partial charge in [0.1, 0.15) is 11.5 Å². The molecule has 0 saturated carbocycles. The van der Waals surface area contributed by atoms with Crippen LogP contribution in [-0.2, 0) is 0 Å².